The minimum absolute atomic E-state index is 0.116. The highest BCUT2D eigenvalue weighted by atomic mass is 79.9. The van der Waals surface area contributed by atoms with Crippen LogP contribution in [0.2, 0.25) is 0 Å². The second-order valence-corrected chi connectivity index (χ2v) is 4.41. The smallest absolute Gasteiger partial charge is 0.268 e. The zero-order valence-corrected chi connectivity index (χ0v) is 10.4. The molecular formula is C12H11BrN2O. The summed E-state index contributed by atoms with van der Waals surface area (Å²) in [5.41, 5.74) is 4.38. The Labute approximate surface area is 102 Å². The molecule has 0 spiro atoms. The SMILES string of the molecule is Cc1ccc(Br)cc1C(=O)Nn1cccc1. The Kier molecular flexibility index (Phi) is 3.10. The second kappa shape index (κ2) is 4.53. The number of nitrogens with one attached hydrogen (secondary N) is 1. The van der Waals surface area contributed by atoms with Gasteiger partial charge in [0.25, 0.3) is 5.91 Å². The zero-order chi connectivity index (χ0) is 11.5. The molecule has 1 N–H and O–H groups in total. The Morgan fingerprint density at radius 2 is 2.00 bits per heavy atom. The van der Waals surface area contributed by atoms with Gasteiger partial charge in [0.05, 0.1) is 0 Å². The molecule has 0 aliphatic rings. The molecule has 0 saturated heterocycles. The molecule has 82 valence electrons. The number of benzene rings is 1. The Balaban J connectivity index is 2.24. The summed E-state index contributed by atoms with van der Waals surface area (Å²) < 4.78 is 2.53. The van der Waals surface area contributed by atoms with Gasteiger partial charge in [-0.2, -0.15) is 0 Å². The molecule has 1 aromatic carbocycles. The molecule has 0 saturated carbocycles. The van der Waals surface area contributed by atoms with Crippen molar-refractivity contribution in [3.63, 3.8) is 0 Å². The lowest BCUT2D eigenvalue weighted by Gasteiger charge is -2.08. The lowest BCUT2D eigenvalue weighted by molar-refractivity contribution is 0.101. The van der Waals surface area contributed by atoms with Gasteiger partial charge in [-0.25, -0.2) is 0 Å². The normalized spacial score (nSPS) is 10.1. The highest BCUT2D eigenvalue weighted by Gasteiger charge is 2.09. The van der Waals surface area contributed by atoms with Gasteiger partial charge < -0.3 is 0 Å². The van der Waals surface area contributed by atoms with Gasteiger partial charge in [0, 0.05) is 22.4 Å². The van der Waals surface area contributed by atoms with Crippen LogP contribution in [0.5, 0.6) is 0 Å². The van der Waals surface area contributed by atoms with E-state index in [4.69, 9.17) is 0 Å². The van der Waals surface area contributed by atoms with Gasteiger partial charge >= 0.3 is 0 Å². The van der Waals surface area contributed by atoms with Crippen LogP contribution in [0.15, 0.2) is 47.2 Å². The minimum atomic E-state index is -0.116. The van der Waals surface area contributed by atoms with Gasteiger partial charge in [0.15, 0.2) is 0 Å². The van der Waals surface area contributed by atoms with E-state index in [9.17, 15) is 4.79 Å². The van der Waals surface area contributed by atoms with Crippen LogP contribution in [0.4, 0.5) is 0 Å². The molecule has 0 atom stereocenters. The predicted molar refractivity (Wildman–Crippen MR) is 67.0 cm³/mol. The molecular weight excluding hydrogens is 268 g/mol. The molecule has 0 aliphatic heterocycles. The molecule has 0 unspecified atom stereocenters. The van der Waals surface area contributed by atoms with E-state index in [1.807, 2.05) is 37.3 Å². The molecule has 2 aromatic rings. The molecule has 1 aromatic heterocycles. The molecule has 0 radical (unpaired) electrons. The van der Waals surface area contributed by atoms with E-state index in [-0.39, 0.29) is 5.91 Å². The Bertz CT molecular complexity index is 506. The van der Waals surface area contributed by atoms with Gasteiger partial charge in [-0.3, -0.25) is 14.9 Å². The largest absolute Gasteiger partial charge is 0.270 e. The number of aromatic nitrogens is 1. The van der Waals surface area contributed by atoms with Crippen molar-refractivity contribution >= 4 is 21.8 Å². The van der Waals surface area contributed by atoms with Crippen LogP contribution in [0.3, 0.4) is 0 Å². The van der Waals surface area contributed by atoms with E-state index in [0.717, 1.165) is 10.0 Å². The van der Waals surface area contributed by atoms with Gasteiger partial charge in [-0.15, -0.1) is 0 Å². The van der Waals surface area contributed by atoms with Crippen molar-refractivity contribution in [1.29, 1.82) is 0 Å². The van der Waals surface area contributed by atoms with Crippen LogP contribution in [0.1, 0.15) is 15.9 Å². The van der Waals surface area contributed by atoms with Crippen LogP contribution in [0, 0.1) is 6.92 Å². The standard InChI is InChI=1S/C12H11BrN2O/c1-9-4-5-10(13)8-11(9)12(16)14-15-6-2-3-7-15/h2-8H,1H3,(H,14,16). The first-order valence-electron chi connectivity index (χ1n) is 4.87. The summed E-state index contributed by atoms with van der Waals surface area (Å²) in [7, 11) is 0. The number of nitrogens with zero attached hydrogens (tertiary/aromatic N) is 1. The fourth-order valence-corrected chi connectivity index (χ4v) is 1.79. The third kappa shape index (κ3) is 2.33. The molecule has 3 nitrogen and oxygen atoms in total. The second-order valence-electron chi connectivity index (χ2n) is 3.49. The molecule has 2 rings (SSSR count). The monoisotopic (exact) mass is 278 g/mol. The number of hydrogen-bond acceptors (Lipinski definition) is 1. The van der Waals surface area contributed by atoms with Crippen LogP contribution >= 0.6 is 15.9 Å². The van der Waals surface area contributed by atoms with Crippen LogP contribution in [-0.2, 0) is 0 Å². The summed E-state index contributed by atoms with van der Waals surface area (Å²) in [5, 5.41) is 0. The first kappa shape index (κ1) is 11.0. The first-order chi connectivity index (χ1) is 7.66. The van der Waals surface area contributed by atoms with Crippen molar-refractivity contribution in [2.24, 2.45) is 0 Å². The number of hydrogen-bond donors (Lipinski definition) is 1. The predicted octanol–water partition coefficient (Wildman–Crippen LogP) is 2.94. The topological polar surface area (TPSA) is 34.0 Å². The highest BCUT2D eigenvalue weighted by molar-refractivity contribution is 9.10. The third-order valence-corrected chi connectivity index (χ3v) is 2.77. The van der Waals surface area contributed by atoms with Crippen molar-refractivity contribution in [2.45, 2.75) is 6.92 Å². The Morgan fingerprint density at radius 3 is 2.69 bits per heavy atom. The Hall–Kier alpha value is -1.55. The summed E-state index contributed by atoms with van der Waals surface area (Å²) in [4.78, 5) is 11.9. The van der Waals surface area contributed by atoms with Crippen molar-refractivity contribution in [2.75, 3.05) is 5.43 Å². The quantitative estimate of drug-likeness (QED) is 0.901. The van der Waals surface area contributed by atoms with Gasteiger partial charge in [-0.05, 0) is 36.8 Å². The van der Waals surface area contributed by atoms with E-state index in [2.05, 4.69) is 21.4 Å². The maximum atomic E-state index is 11.9. The highest BCUT2D eigenvalue weighted by Crippen LogP contribution is 2.16. The fourth-order valence-electron chi connectivity index (χ4n) is 1.43. The lowest BCUT2D eigenvalue weighted by atomic mass is 10.1. The van der Waals surface area contributed by atoms with Crippen LogP contribution in [0.25, 0.3) is 0 Å². The third-order valence-electron chi connectivity index (χ3n) is 2.28. The minimum Gasteiger partial charge on any atom is -0.268 e. The van der Waals surface area contributed by atoms with Crippen LogP contribution in [-0.4, -0.2) is 10.6 Å². The molecule has 1 heterocycles. The molecule has 0 fully saturated rings. The maximum absolute atomic E-state index is 11.9. The number of carbonyl (C=O) groups excluding carboxylic acids is 1. The summed E-state index contributed by atoms with van der Waals surface area (Å²) in [5.74, 6) is -0.116. The summed E-state index contributed by atoms with van der Waals surface area (Å²) in [6.45, 7) is 1.91. The number of aryl methyl sites for hydroxylation is 1. The van der Waals surface area contributed by atoms with Crippen molar-refractivity contribution in [1.82, 2.24) is 4.68 Å². The van der Waals surface area contributed by atoms with Crippen LogP contribution < -0.4 is 5.43 Å². The van der Waals surface area contributed by atoms with Gasteiger partial charge in [-0.1, -0.05) is 22.0 Å². The average Bonchev–Trinajstić information content (AvgIpc) is 2.74. The number of amides is 1. The molecule has 0 aliphatic carbocycles. The number of halogens is 1. The molecule has 1 amide bonds. The summed E-state index contributed by atoms with van der Waals surface area (Å²) >= 11 is 3.36. The van der Waals surface area contributed by atoms with Gasteiger partial charge in [0.2, 0.25) is 0 Å². The van der Waals surface area contributed by atoms with Crippen molar-refractivity contribution < 1.29 is 4.79 Å². The Morgan fingerprint density at radius 1 is 1.31 bits per heavy atom. The van der Waals surface area contributed by atoms with Gasteiger partial charge in [0.1, 0.15) is 0 Å². The average molecular weight is 279 g/mol. The zero-order valence-electron chi connectivity index (χ0n) is 8.77. The maximum Gasteiger partial charge on any atom is 0.270 e. The lowest BCUT2D eigenvalue weighted by Crippen LogP contribution is -2.22. The van der Waals surface area contributed by atoms with E-state index in [1.54, 1.807) is 17.1 Å². The molecule has 0 bridgehead atoms. The summed E-state index contributed by atoms with van der Waals surface area (Å²) in [6, 6.07) is 9.35. The molecule has 16 heavy (non-hydrogen) atoms. The number of rotatable bonds is 2. The van der Waals surface area contributed by atoms with E-state index in [1.165, 1.54) is 0 Å². The number of carbonyl (C=O) groups is 1. The fraction of sp³-hybridized carbons (Fsp3) is 0.0833. The van der Waals surface area contributed by atoms with E-state index < -0.39 is 0 Å². The van der Waals surface area contributed by atoms with Crippen molar-refractivity contribution in [3.05, 3.63) is 58.3 Å². The molecule has 4 heteroatoms. The van der Waals surface area contributed by atoms with E-state index >= 15 is 0 Å². The van der Waals surface area contributed by atoms with Crippen molar-refractivity contribution in [3.8, 4) is 0 Å². The van der Waals surface area contributed by atoms with E-state index in [0.29, 0.717) is 5.56 Å². The first-order valence-corrected chi connectivity index (χ1v) is 5.66. The summed E-state index contributed by atoms with van der Waals surface area (Å²) in [6.07, 6.45) is 3.57.